The van der Waals surface area contributed by atoms with Gasteiger partial charge in [0.05, 0.1) is 5.56 Å². The van der Waals surface area contributed by atoms with Crippen molar-refractivity contribution in [2.45, 2.75) is 12.7 Å². The summed E-state index contributed by atoms with van der Waals surface area (Å²) in [5.41, 5.74) is -0.572. The largest absolute Gasteiger partial charge is 0.416 e. The molecule has 0 unspecified atom stereocenters. The fourth-order valence-corrected chi connectivity index (χ4v) is 1.80. The van der Waals surface area contributed by atoms with Crippen molar-refractivity contribution >= 4 is 5.91 Å². The Kier molecular flexibility index (Phi) is 4.30. The number of nitrogens with one attached hydrogen (secondary N) is 1. The second-order valence-corrected chi connectivity index (χ2v) is 4.66. The number of carbonyl (C=O) groups is 1. The summed E-state index contributed by atoms with van der Waals surface area (Å²) >= 11 is 0. The minimum atomic E-state index is -4.39. The van der Waals surface area contributed by atoms with E-state index in [9.17, 15) is 22.8 Å². The number of nitrogens with zero attached hydrogens (tertiary/aromatic N) is 2. The van der Waals surface area contributed by atoms with Crippen LogP contribution < -0.4 is 5.56 Å². The van der Waals surface area contributed by atoms with Gasteiger partial charge in [-0.3, -0.25) is 9.59 Å². The molecule has 0 saturated carbocycles. The number of amides is 1. The van der Waals surface area contributed by atoms with Gasteiger partial charge >= 0.3 is 6.18 Å². The van der Waals surface area contributed by atoms with Crippen molar-refractivity contribution < 1.29 is 18.0 Å². The molecule has 1 heterocycles. The first-order valence-electron chi connectivity index (χ1n) is 6.25. The van der Waals surface area contributed by atoms with Gasteiger partial charge in [-0.25, -0.2) is 5.10 Å². The Morgan fingerprint density at radius 3 is 2.32 bits per heavy atom. The zero-order chi connectivity index (χ0) is 16.3. The van der Waals surface area contributed by atoms with Crippen LogP contribution in [0.5, 0.6) is 0 Å². The number of aromatic nitrogens is 2. The number of rotatable bonds is 3. The van der Waals surface area contributed by atoms with Crippen molar-refractivity contribution in [1.29, 1.82) is 0 Å². The summed E-state index contributed by atoms with van der Waals surface area (Å²) in [6, 6.07) is 7.01. The second kappa shape index (κ2) is 6.00. The molecule has 0 bridgehead atoms. The van der Waals surface area contributed by atoms with Crippen molar-refractivity contribution in [3.63, 3.8) is 0 Å². The molecule has 0 fully saturated rings. The predicted molar refractivity (Wildman–Crippen MR) is 72.1 cm³/mol. The lowest BCUT2D eigenvalue weighted by Gasteiger charge is -2.17. The molecule has 1 aromatic carbocycles. The fourth-order valence-electron chi connectivity index (χ4n) is 1.80. The lowest BCUT2D eigenvalue weighted by Crippen LogP contribution is -2.28. The highest BCUT2D eigenvalue weighted by Gasteiger charge is 2.30. The van der Waals surface area contributed by atoms with Gasteiger partial charge in [0.2, 0.25) is 0 Å². The fraction of sp³-hybridized carbons (Fsp3) is 0.214. The van der Waals surface area contributed by atoms with Crippen LogP contribution in [0.25, 0.3) is 0 Å². The number of hydrogen-bond donors (Lipinski definition) is 1. The van der Waals surface area contributed by atoms with Gasteiger partial charge in [0.25, 0.3) is 11.5 Å². The number of H-pyrrole nitrogens is 1. The standard InChI is InChI=1S/C14H12F3N3O2/c1-20(13(22)11-6-7-12(21)19-18-11)8-9-2-4-10(5-3-9)14(15,16)17/h2-7H,8H2,1H3,(H,19,21). The van der Waals surface area contributed by atoms with E-state index in [2.05, 4.69) is 10.2 Å². The second-order valence-electron chi connectivity index (χ2n) is 4.66. The number of benzene rings is 1. The molecule has 5 nitrogen and oxygen atoms in total. The maximum atomic E-state index is 12.5. The summed E-state index contributed by atoms with van der Waals surface area (Å²) in [6.45, 7) is 0.123. The quantitative estimate of drug-likeness (QED) is 0.943. The first-order chi connectivity index (χ1) is 10.3. The highest BCUT2D eigenvalue weighted by Crippen LogP contribution is 2.29. The van der Waals surface area contributed by atoms with Crippen LogP contribution >= 0.6 is 0 Å². The molecule has 2 aromatic rings. The maximum Gasteiger partial charge on any atom is 0.416 e. The first-order valence-corrected chi connectivity index (χ1v) is 6.25. The van der Waals surface area contributed by atoms with Gasteiger partial charge in [-0.2, -0.15) is 18.3 Å². The van der Waals surface area contributed by atoms with Crippen molar-refractivity contribution in [1.82, 2.24) is 15.1 Å². The summed E-state index contributed by atoms with van der Waals surface area (Å²) in [7, 11) is 1.49. The van der Waals surface area contributed by atoms with E-state index in [0.717, 1.165) is 12.1 Å². The smallest absolute Gasteiger partial charge is 0.336 e. The Hall–Kier alpha value is -2.64. The lowest BCUT2D eigenvalue weighted by atomic mass is 10.1. The molecular weight excluding hydrogens is 299 g/mol. The summed E-state index contributed by atoms with van der Waals surface area (Å²) in [4.78, 5) is 24.2. The van der Waals surface area contributed by atoms with E-state index in [0.29, 0.717) is 5.56 Å². The minimum absolute atomic E-state index is 0.0500. The van der Waals surface area contributed by atoms with Gasteiger partial charge in [0.15, 0.2) is 0 Å². The summed E-state index contributed by atoms with van der Waals surface area (Å²) < 4.78 is 37.4. The molecule has 0 atom stereocenters. The summed E-state index contributed by atoms with van der Waals surface area (Å²) in [5.74, 6) is -0.448. The summed E-state index contributed by atoms with van der Waals surface area (Å²) in [6.07, 6.45) is -4.39. The number of carbonyl (C=O) groups excluding carboxylic acids is 1. The average Bonchev–Trinajstić information content (AvgIpc) is 2.47. The van der Waals surface area contributed by atoms with Crippen LogP contribution in [0.2, 0.25) is 0 Å². The minimum Gasteiger partial charge on any atom is -0.336 e. The van der Waals surface area contributed by atoms with Gasteiger partial charge < -0.3 is 4.90 Å². The van der Waals surface area contributed by atoms with Crippen LogP contribution in [0.4, 0.5) is 13.2 Å². The third-order valence-corrected chi connectivity index (χ3v) is 2.95. The Balaban J connectivity index is 2.08. The number of halogens is 3. The zero-order valence-electron chi connectivity index (χ0n) is 11.5. The molecule has 8 heteroatoms. The predicted octanol–water partition coefficient (Wildman–Crippen LogP) is 2.06. The average molecular weight is 311 g/mol. The van der Waals surface area contributed by atoms with Crippen LogP contribution in [0.3, 0.4) is 0 Å². The molecule has 0 spiro atoms. The molecule has 2 rings (SSSR count). The van der Waals surface area contributed by atoms with Crippen LogP contribution in [-0.2, 0) is 12.7 Å². The third-order valence-electron chi connectivity index (χ3n) is 2.95. The van der Waals surface area contributed by atoms with E-state index in [1.54, 1.807) is 0 Å². The topological polar surface area (TPSA) is 66.1 Å². The van der Waals surface area contributed by atoms with E-state index in [-0.39, 0.29) is 12.2 Å². The van der Waals surface area contributed by atoms with E-state index in [1.807, 2.05) is 0 Å². The molecular formula is C14H12F3N3O2. The molecule has 22 heavy (non-hydrogen) atoms. The Labute approximate surface area is 123 Å². The molecule has 0 aliphatic carbocycles. The van der Waals surface area contributed by atoms with Crippen LogP contribution in [0, 0.1) is 0 Å². The van der Waals surface area contributed by atoms with Gasteiger partial charge in [-0.1, -0.05) is 12.1 Å². The molecule has 0 aliphatic heterocycles. The van der Waals surface area contributed by atoms with Crippen molar-refractivity contribution in [3.05, 3.63) is 63.6 Å². The number of alkyl halides is 3. The van der Waals surface area contributed by atoms with Crippen molar-refractivity contribution in [2.24, 2.45) is 0 Å². The van der Waals surface area contributed by atoms with E-state index in [4.69, 9.17) is 0 Å². The monoisotopic (exact) mass is 311 g/mol. The molecule has 116 valence electrons. The van der Waals surface area contributed by atoms with Crippen molar-refractivity contribution in [3.8, 4) is 0 Å². The maximum absolute atomic E-state index is 12.5. The van der Waals surface area contributed by atoms with Crippen LogP contribution in [0.15, 0.2) is 41.2 Å². The van der Waals surface area contributed by atoms with Crippen molar-refractivity contribution in [2.75, 3.05) is 7.05 Å². The SMILES string of the molecule is CN(Cc1ccc(C(F)(F)F)cc1)C(=O)c1ccc(=O)[nH]n1. The molecule has 0 aliphatic rings. The summed E-state index contributed by atoms with van der Waals surface area (Å²) in [5, 5.41) is 5.76. The Bertz CT molecular complexity index is 703. The highest BCUT2D eigenvalue weighted by atomic mass is 19.4. The number of aromatic amines is 1. The van der Waals surface area contributed by atoms with Crippen LogP contribution in [0.1, 0.15) is 21.6 Å². The molecule has 0 saturated heterocycles. The normalized spacial score (nSPS) is 11.3. The molecule has 0 radical (unpaired) electrons. The zero-order valence-corrected chi connectivity index (χ0v) is 11.5. The third kappa shape index (κ3) is 3.72. The number of hydrogen-bond acceptors (Lipinski definition) is 3. The van der Waals surface area contributed by atoms with Gasteiger partial charge in [-0.05, 0) is 23.8 Å². The van der Waals surface area contributed by atoms with E-state index < -0.39 is 23.2 Å². The van der Waals surface area contributed by atoms with E-state index in [1.165, 1.54) is 36.2 Å². The Morgan fingerprint density at radius 2 is 1.82 bits per heavy atom. The Morgan fingerprint density at radius 1 is 1.18 bits per heavy atom. The lowest BCUT2D eigenvalue weighted by molar-refractivity contribution is -0.137. The van der Waals surface area contributed by atoms with Gasteiger partial charge in [0.1, 0.15) is 5.69 Å². The molecule has 1 aromatic heterocycles. The van der Waals surface area contributed by atoms with Gasteiger partial charge in [0, 0.05) is 19.7 Å². The molecule has 1 N–H and O–H groups in total. The van der Waals surface area contributed by atoms with Crippen LogP contribution in [-0.4, -0.2) is 28.1 Å². The molecule has 1 amide bonds. The van der Waals surface area contributed by atoms with E-state index >= 15 is 0 Å². The highest BCUT2D eigenvalue weighted by molar-refractivity contribution is 5.91. The first kappa shape index (κ1) is 15.7. The van der Waals surface area contributed by atoms with Gasteiger partial charge in [-0.15, -0.1) is 0 Å².